The summed E-state index contributed by atoms with van der Waals surface area (Å²) in [4.78, 5) is 11.9. The highest BCUT2D eigenvalue weighted by molar-refractivity contribution is 7.89. The van der Waals surface area contributed by atoms with Crippen LogP contribution in [0, 0.1) is 0 Å². The molecule has 1 aliphatic heterocycles. The lowest BCUT2D eigenvalue weighted by atomic mass is 10.2. The fourth-order valence-corrected chi connectivity index (χ4v) is 2.89. The molecule has 0 unspecified atom stereocenters. The largest absolute Gasteiger partial charge is 0.376 e. The lowest BCUT2D eigenvalue weighted by Gasteiger charge is -2.12. The molecule has 2 rings (SSSR count). The van der Waals surface area contributed by atoms with E-state index >= 15 is 0 Å². The highest BCUT2D eigenvalue weighted by Gasteiger charge is 2.16. The van der Waals surface area contributed by atoms with Crippen molar-refractivity contribution < 1.29 is 17.9 Å². The first-order chi connectivity index (χ1) is 10.5. The van der Waals surface area contributed by atoms with Gasteiger partial charge in [-0.2, -0.15) is 0 Å². The Morgan fingerprint density at radius 3 is 2.59 bits per heavy atom. The monoisotopic (exact) mass is 327 g/mol. The summed E-state index contributed by atoms with van der Waals surface area (Å²) in [6, 6.07) is 6.09. The third-order valence-corrected chi connectivity index (χ3v) is 4.90. The van der Waals surface area contributed by atoms with Crippen molar-refractivity contribution in [3.63, 3.8) is 0 Å². The van der Waals surface area contributed by atoms with Crippen LogP contribution in [0.1, 0.15) is 18.4 Å². The minimum atomic E-state index is -3.43. The van der Waals surface area contributed by atoms with Crippen molar-refractivity contribution in [3.05, 3.63) is 29.8 Å². The third-order valence-electron chi connectivity index (χ3n) is 3.47. The van der Waals surface area contributed by atoms with Gasteiger partial charge in [0.05, 0.1) is 11.0 Å². The minimum absolute atomic E-state index is 0.108. The summed E-state index contributed by atoms with van der Waals surface area (Å²) in [6.45, 7) is 1.60. The van der Waals surface area contributed by atoms with E-state index in [2.05, 4.69) is 15.4 Å². The van der Waals surface area contributed by atoms with Crippen molar-refractivity contribution in [2.24, 2.45) is 0 Å². The SMILES string of the molecule is CNS(=O)(=O)c1ccc(CNC(=O)NC[C@@H]2CCCO2)cc1. The van der Waals surface area contributed by atoms with E-state index in [0.29, 0.717) is 13.1 Å². The zero-order valence-electron chi connectivity index (χ0n) is 12.5. The van der Waals surface area contributed by atoms with E-state index < -0.39 is 10.0 Å². The maximum atomic E-state index is 11.7. The van der Waals surface area contributed by atoms with Crippen LogP contribution in [-0.4, -0.2) is 40.8 Å². The molecule has 0 radical (unpaired) electrons. The normalized spacial score (nSPS) is 18.1. The molecule has 7 nitrogen and oxygen atoms in total. The van der Waals surface area contributed by atoms with Crippen LogP contribution in [0.2, 0.25) is 0 Å². The van der Waals surface area contributed by atoms with Crippen molar-refractivity contribution >= 4 is 16.1 Å². The molecule has 0 bridgehead atoms. The second-order valence-corrected chi connectivity index (χ2v) is 6.94. The number of amides is 2. The summed E-state index contributed by atoms with van der Waals surface area (Å²) < 4.78 is 30.8. The van der Waals surface area contributed by atoms with E-state index in [4.69, 9.17) is 4.74 Å². The Hall–Kier alpha value is -1.64. The molecule has 1 fully saturated rings. The van der Waals surface area contributed by atoms with Gasteiger partial charge in [-0.3, -0.25) is 0 Å². The van der Waals surface area contributed by atoms with Gasteiger partial charge in [0.25, 0.3) is 0 Å². The molecule has 2 amide bonds. The topological polar surface area (TPSA) is 96.5 Å². The van der Waals surface area contributed by atoms with Gasteiger partial charge in [0.15, 0.2) is 0 Å². The van der Waals surface area contributed by atoms with E-state index in [-0.39, 0.29) is 17.0 Å². The van der Waals surface area contributed by atoms with Crippen molar-refractivity contribution in [1.29, 1.82) is 0 Å². The molecule has 0 aromatic heterocycles. The molecule has 1 atom stereocenters. The van der Waals surface area contributed by atoms with Crippen molar-refractivity contribution in [1.82, 2.24) is 15.4 Å². The molecule has 1 aromatic rings. The highest BCUT2D eigenvalue weighted by atomic mass is 32.2. The van der Waals surface area contributed by atoms with Gasteiger partial charge in [0.1, 0.15) is 0 Å². The van der Waals surface area contributed by atoms with Crippen LogP contribution in [0.4, 0.5) is 4.79 Å². The Morgan fingerprint density at radius 1 is 1.27 bits per heavy atom. The Labute approximate surface area is 130 Å². The van der Waals surface area contributed by atoms with Crippen LogP contribution in [0.25, 0.3) is 0 Å². The number of carbonyl (C=O) groups excluding carboxylic acids is 1. The van der Waals surface area contributed by atoms with Crippen LogP contribution in [0.15, 0.2) is 29.2 Å². The Kier molecular flexibility index (Phi) is 5.76. The van der Waals surface area contributed by atoms with E-state index in [1.165, 1.54) is 19.2 Å². The number of hydrogen-bond acceptors (Lipinski definition) is 4. The number of carbonyl (C=O) groups is 1. The predicted octanol–water partition coefficient (Wildman–Crippen LogP) is 0.573. The summed E-state index contributed by atoms with van der Waals surface area (Å²) in [6.07, 6.45) is 2.12. The third kappa shape index (κ3) is 4.69. The van der Waals surface area contributed by atoms with Gasteiger partial charge < -0.3 is 15.4 Å². The molecular weight excluding hydrogens is 306 g/mol. The Bertz CT molecular complexity index is 595. The molecule has 1 aromatic carbocycles. The summed E-state index contributed by atoms with van der Waals surface area (Å²) in [7, 11) is -2.06. The summed E-state index contributed by atoms with van der Waals surface area (Å²) >= 11 is 0. The Balaban J connectivity index is 1.77. The number of benzene rings is 1. The molecular formula is C14H21N3O4S. The van der Waals surface area contributed by atoms with Crippen molar-refractivity contribution in [2.45, 2.75) is 30.4 Å². The van der Waals surface area contributed by atoms with Crippen molar-refractivity contribution in [3.8, 4) is 0 Å². The molecule has 22 heavy (non-hydrogen) atoms. The van der Waals surface area contributed by atoms with Gasteiger partial charge in [-0.05, 0) is 37.6 Å². The van der Waals surface area contributed by atoms with Crippen LogP contribution >= 0.6 is 0 Å². The van der Waals surface area contributed by atoms with E-state index in [1.54, 1.807) is 12.1 Å². The zero-order valence-corrected chi connectivity index (χ0v) is 13.3. The van der Waals surface area contributed by atoms with Gasteiger partial charge >= 0.3 is 6.03 Å². The molecule has 1 heterocycles. The maximum Gasteiger partial charge on any atom is 0.315 e. The first-order valence-corrected chi connectivity index (χ1v) is 8.65. The standard InChI is InChI=1S/C14H21N3O4S/c1-15-22(19,20)13-6-4-11(5-7-13)9-16-14(18)17-10-12-3-2-8-21-12/h4-7,12,15H,2-3,8-10H2,1H3,(H2,16,17,18)/t12-/m0/s1. The smallest absolute Gasteiger partial charge is 0.315 e. The minimum Gasteiger partial charge on any atom is -0.376 e. The number of urea groups is 1. The van der Waals surface area contributed by atoms with Gasteiger partial charge in [0, 0.05) is 19.7 Å². The zero-order chi connectivity index (χ0) is 16.0. The Morgan fingerprint density at radius 2 is 2.00 bits per heavy atom. The van der Waals surface area contributed by atoms with Crippen LogP contribution < -0.4 is 15.4 Å². The van der Waals surface area contributed by atoms with Gasteiger partial charge in [0.2, 0.25) is 10.0 Å². The number of hydrogen-bond donors (Lipinski definition) is 3. The van der Waals surface area contributed by atoms with Gasteiger partial charge in [-0.25, -0.2) is 17.9 Å². The summed E-state index contributed by atoms with van der Waals surface area (Å²) in [5, 5.41) is 5.48. The number of ether oxygens (including phenoxy) is 1. The quantitative estimate of drug-likeness (QED) is 0.712. The van der Waals surface area contributed by atoms with E-state index in [9.17, 15) is 13.2 Å². The lowest BCUT2D eigenvalue weighted by molar-refractivity contribution is 0.111. The first kappa shape index (κ1) is 16.7. The molecule has 3 N–H and O–H groups in total. The fourth-order valence-electron chi connectivity index (χ4n) is 2.16. The van der Waals surface area contributed by atoms with Crippen LogP contribution in [0.5, 0.6) is 0 Å². The number of sulfonamides is 1. The average Bonchev–Trinajstić information content (AvgIpc) is 3.05. The van der Waals surface area contributed by atoms with Crippen LogP contribution in [-0.2, 0) is 21.3 Å². The molecule has 1 aliphatic rings. The predicted molar refractivity (Wildman–Crippen MR) is 81.9 cm³/mol. The highest BCUT2D eigenvalue weighted by Crippen LogP contribution is 2.11. The maximum absolute atomic E-state index is 11.7. The molecule has 8 heteroatoms. The lowest BCUT2D eigenvalue weighted by Crippen LogP contribution is -2.39. The average molecular weight is 327 g/mol. The van der Waals surface area contributed by atoms with E-state index in [0.717, 1.165) is 25.0 Å². The summed E-state index contributed by atoms with van der Waals surface area (Å²) in [5.74, 6) is 0. The van der Waals surface area contributed by atoms with Crippen LogP contribution in [0.3, 0.4) is 0 Å². The van der Waals surface area contributed by atoms with Gasteiger partial charge in [-0.15, -0.1) is 0 Å². The second kappa shape index (κ2) is 7.57. The number of nitrogens with one attached hydrogen (secondary N) is 3. The van der Waals surface area contributed by atoms with E-state index in [1.807, 2.05) is 0 Å². The van der Waals surface area contributed by atoms with Gasteiger partial charge in [-0.1, -0.05) is 12.1 Å². The molecule has 122 valence electrons. The molecule has 0 spiro atoms. The molecule has 0 aliphatic carbocycles. The fraction of sp³-hybridized carbons (Fsp3) is 0.500. The molecule has 0 saturated carbocycles. The first-order valence-electron chi connectivity index (χ1n) is 7.17. The number of rotatable bonds is 6. The second-order valence-electron chi connectivity index (χ2n) is 5.05. The molecule has 1 saturated heterocycles. The van der Waals surface area contributed by atoms with Crippen molar-refractivity contribution in [2.75, 3.05) is 20.2 Å². The summed E-state index contributed by atoms with van der Waals surface area (Å²) in [5.41, 5.74) is 0.822.